The number of aromatic nitrogens is 2. The minimum absolute atomic E-state index is 0.392. The number of hydrogen-bond donors (Lipinski definition) is 2. The third kappa shape index (κ3) is 5.19. The van der Waals surface area contributed by atoms with Crippen LogP contribution in [0.3, 0.4) is 0 Å². The summed E-state index contributed by atoms with van der Waals surface area (Å²) in [5.41, 5.74) is 1.13. The average molecular weight is 407 g/mol. The van der Waals surface area contributed by atoms with Gasteiger partial charge >= 0.3 is 6.18 Å². The van der Waals surface area contributed by atoms with E-state index >= 15 is 0 Å². The molecule has 2 N–H and O–H groups in total. The topological polar surface area (TPSA) is 62.2 Å². The lowest BCUT2D eigenvalue weighted by Crippen LogP contribution is -2.38. The van der Waals surface area contributed by atoms with Crippen molar-refractivity contribution in [1.29, 1.82) is 0 Å². The molecule has 1 aromatic carbocycles. The first-order valence-corrected chi connectivity index (χ1v) is 9.71. The fraction of sp³-hybridized carbons (Fsp3) is 0.316. The number of rotatable bonds is 6. The van der Waals surface area contributed by atoms with E-state index in [-0.39, 0.29) is 0 Å². The van der Waals surface area contributed by atoms with Gasteiger partial charge in [-0.2, -0.15) is 13.2 Å². The molecule has 0 spiro atoms. The molecule has 2 aromatic heterocycles. The summed E-state index contributed by atoms with van der Waals surface area (Å²) < 4.78 is 37.9. The Morgan fingerprint density at radius 2 is 2.00 bits per heavy atom. The van der Waals surface area contributed by atoms with Gasteiger partial charge in [0.15, 0.2) is 11.7 Å². The number of guanidine groups is 1. The van der Waals surface area contributed by atoms with Crippen molar-refractivity contribution in [3.63, 3.8) is 0 Å². The van der Waals surface area contributed by atoms with Crippen LogP contribution in [0.2, 0.25) is 0 Å². The average Bonchev–Trinajstić information content (AvgIpc) is 3.15. The number of aliphatic imine (C=N–C) groups is 1. The van der Waals surface area contributed by atoms with Crippen molar-refractivity contribution in [3.8, 4) is 0 Å². The van der Waals surface area contributed by atoms with Crippen LogP contribution in [0, 0.1) is 0 Å². The molecule has 0 aliphatic carbocycles. The lowest BCUT2D eigenvalue weighted by atomic mass is 10.1. The summed E-state index contributed by atoms with van der Waals surface area (Å²) in [6, 6.07) is 9.80. The molecule has 0 amide bonds. The van der Waals surface area contributed by atoms with E-state index < -0.39 is 11.9 Å². The largest absolute Gasteiger partial charge is 0.434 e. The van der Waals surface area contributed by atoms with Crippen LogP contribution < -0.4 is 10.6 Å². The van der Waals surface area contributed by atoms with Crippen molar-refractivity contribution in [2.75, 3.05) is 13.1 Å². The Hall–Kier alpha value is -2.68. The van der Waals surface area contributed by atoms with Gasteiger partial charge in [0.25, 0.3) is 0 Å². The van der Waals surface area contributed by atoms with Crippen LogP contribution in [0.5, 0.6) is 0 Å². The first kappa shape index (κ1) is 20.1. The van der Waals surface area contributed by atoms with Gasteiger partial charge in [-0.1, -0.05) is 18.2 Å². The summed E-state index contributed by atoms with van der Waals surface area (Å²) in [5.74, 6) is 0.607. The monoisotopic (exact) mass is 407 g/mol. The van der Waals surface area contributed by atoms with Crippen molar-refractivity contribution in [2.24, 2.45) is 4.99 Å². The van der Waals surface area contributed by atoms with Gasteiger partial charge in [0.05, 0.1) is 17.1 Å². The molecule has 0 atom stereocenters. The minimum Gasteiger partial charge on any atom is -0.357 e. The van der Waals surface area contributed by atoms with Crippen LogP contribution in [0.25, 0.3) is 10.9 Å². The number of para-hydroxylation sites is 1. The van der Waals surface area contributed by atoms with E-state index in [1.165, 1.54) is 0 Å². The van der Waals surface area contributed by atoms with Gasteiger partial charge in [-0.25, -0.2) is 9.98 Å². The second-order valence-corrected chi connectivity index (χ2v) is 6.93. The smallest absolute Gasteiger partial charge is 0.357 e. The summed E-state index contributed by atoms with van der Waals surface area (Å²) in [6.45, 7) is 3.54. The highest BCUT2D eigenvalue weighted by Gasteiger charge is 2.33. The molecule has 0 aliphatic rings. The summed E-state index contributed by atoms with van der Waals surface area (Å²) in [7, 11) is 0. The maximum atomic E-state index is 12.6. The second kappa shape index (κ2) is 9.01. The molecule has 28 heavy (non-hydrogen) atoms. The van der Waals surface area contributed by atoms with Gasteiger partial charge < -0.3 is 10.6 Å². The first-order chi connectivity index (χ1) is 13.5. The third-order valence-corrected chi connectivity index (χ3v) is 4.87. The Bertz CT molecular complexity index is 947. The van der Waals surface area contributed by atoms with Gasteiger partial charge in [-0.3, -0.25) is 4.98 Å². The van der Waals surface area contributed by atoms with E-state index in [4.69, 9.17) is 0 Å². The predicted octanol–water partition coefficient (Wildman–Crippen LogP) is 4.01. The standard InChI is InChI=1S/C19H20F3N5S/c1-2-23-18(25-10-8-17-27-16(12-28-17)19(20,21)22)26-11-13-7-9-24-15-6-4-3-5-14(13)15/h3-7,9,12H,2,8,10-11H2,1H3,(H2,23,25,26). The first-order valence-electron chi connectivity index (χ1n) is 8.83. The van der Waals surface area contributed by atoms with Crippen LogP contribution in [0.1, 0.15) is 23.2 Å². The number of nitrogens with zero attached hydrogens (tertiary/aromatic N) is 3. The van der Waals surface area contributed by atoms with Gasteiger partial charge in [0, 0.05) is 36.5 Å². The van der Waals surface area contributed by atoms with Crippen LogP contribution in [-0.4, -0.2) is 29.0 Å². The lowest BCUT2D eigenvalue weighted by molar-refractivity contribution is -0.140. The molecule has 0 saturated heterocycles. The summed E-state index contributed by atoms with van der Waals surface area (Å²) >= 11 is 1.01. The molecule has 0 saturated carbocycles. The second-order valence-electron chi connectivity index (χ2n) is 5.98. The Morgan fingerprint density at radius 3 is 2.75 bits per heavy atom. The maximum Gasteiger partial charge on any atom is 0.434 e. The number of nitrogens with one attached hydrogen (secondary N) is 2. The van der Waals surface area contributed by atoms with Crippen LogP contribution in [0.15, 0.2) is 46.9 Å². The molecular weight excluding hydrogens is 387 g/mol. The highest BCUT2D eigenvalue weighted by Crippen LogP contribution is 2.30. The molecule has 9 heteroatoms. The highest BCUT2D eigenvalue weighted by atomic mass is 32.1. The Morgan fingerprint density at radius 1 is 1.18 bits per heavy atom. The molecule has 0 radical (unpaired) electrons. The van der Waals surface area contributed by atoms with Crippen molar-refractivity contribution >= 4 is 28.2 Å². The quantitative estimate of drug-likeness (QED) is 0.479. The maximum absolute atomic E-state index is 12.6. The predicted molar refractivity (Wildman–Crippen MR) is 105 cm³/mol. The number of thiazole rings is 1. The van der Waals surface area contributed by atoms with Crippen molar-refractivity contribution in [1.82, 2.24) is 20.6 Å². The van der Waals surface area contributed by atoms with Crippen molar-refractivity contribution < 1.29 is 13.2 Å². The van der Waals surface area contributed by atoms with Crippen LogP contribution >= 0.6 is 11.3 Å². The van der Waals surface area contributed by atoms with Crippen LogP contribution in [-0.2, 0) is 19.1 Å². The van der Waals surface area contributed by atoms with Crippen LogP contribution in [0.4, 0.5) is 13.2 Å². The van der Waals surface area contributed by atoms with E-state index in [0.29, 0.717) is 37.0 Å². The molecule has 5 nitrogen and oxygen atoms in total. The lowest BCUT2D eigenvalue weighted by Gasteiger charge is -2.11. The third-order valence-electron chi connectivity index (χ3n) is 3.96. The zero-order chi connectivity index (χ0) is 20.0. The zero-order valence-electron chi connectivity index (χ0n) is 15.3. The number of benzene rings is 1. The van der Waals surface area contributed by atoms with Crippen molar-refractivity contribution in [2.45, 2.75) is 26.1 Å². The number of pyridine rings is 1. The van der Waals surface area contributed by atoms with Gasteiger partial charge in [0.2, 0.25) is 0 Å². The SMILES string of the molecule is CCNC(=NCc1ccnc2ccccc12)NCCc1nc(C(F)(F)F)cs1. The van der Waals surface area contributed by atoms with Gasteiger partial charge in [-0.05, 0) is 24.6 Å². The molecule has 2 heterocycles. The summed E-state index contributed by atoms with van der Waals surface area (Å²) in [4.78, 5) is 12.6. The number of fused-ring (bicyclic) bond motifs is 1. The summed E-state index contributed by atoms with van der Waals surface area (Å²) in [5, 5.41) is 8.82. The molecule has 148 valence electrons. The molecule has 3 aromatic rings. The Balaban J connectivity index is 1.62. The molecular formula is C19H20F3N5S. The number of hydrogen-bond acceptors (Lipinski definition) is 4. The molecule has 0 bridgehead atoms. The molecule has 0 aliphatic heterocycles. The van der Waals surface area contributed by atoms with E-state index in [2.05, 4.69) is 25.6 Å². The Labute approximate surface area is 164 Å². The van der Waals surface area contributed by atoms with E-state index in [9.17, 15) is 13.2 Å². The van der Waals surface area contributed by atoms with Gasteiger partial charge in [-0.15, -0.1) is 11.3 Å². The molecule has 0 unspecified atom stereocenters. The fourth-order valence-electron chi connectivity index (χ4n) is 2.64. The fourth-order valence-corrected chi connectivity index (χ4v) is 3.45. The van der Waals surface area contributed by atoms with E-state index in [1.807, 2.05) is 37.3 Å². The number of halogens is 3. The summed E-state index contributed by atoms with van der Waals surface area (Å²) in [6.07, 6.45) is -2.25. The molecule has 0 fully saturated rings. The number of alkyl halides is 3. The highest BCUT2D eigenvalue weighted by molar-refractivity contribution is 7.09. The zero-order valence-corrected chi connectivity index (χ0v) is 16.1. The Kier molecular flexibility index (Phi) is 6.45. The normalized spacial score (nSPS) is 12.4. The van der Waals surface area contributed by atoms with E-state index in [1.54, 1.807) is 6.20 Å². The minimum atomic E-state index is -4.40. The molecule has 3 rings (SSSR count). The van der Waals surface area contributed by atoms with Crippen molar-refractivity contribution in [3.05, 3.63) is 58.2 Å². The van der Waals surface area contributed by atoms with E-state index in [0.717, 1.165) is 33.2 Å². The van der Waals surface area contributed by atoms with Gasteiger partial charge in [0.1, 0.15) is 0 Å².